The van der Waals surface area contributed by atoms with Gasteiger partial charge in [-0.1, -0.05) is 64.4 Å². The number of aryl methyl sites for hydroxylation is 1. The van der Waals surface area contributed by atoms with E-state index in [1.165, 1.54) is 7.11 Å². The van der Waals surface area contributed by atoms with Crippen molar-refractivity contribution in [3.8, 4) is 11.5 Å². The highest BCUT2D eigenvalue weighted by Crippen LogP contribution is 2.42. The van der Waals surface area contributed by atoms with E-state index in [9.17, 15) is 9.90 Å². The average molecular weight is 463 g/mol. The molecule has 0 bridgehead atoms. The SMILES string of the molecule is CCC(CC)(c1ccc(OCC(O)C(C)(C)C)c(C)c1)c1ccc(OC(=O)OC)c(Cl)c1. The summed E-state index contributed by atoms with van der Waals surface area (Å²) >= 11 is 6.43. The minimum absolute atomic E-state index is 0.240. The zero-order chi connectivity index (χ0) is 24.1. The molecule has 0 heterocycles. The highest BCUT2D eigenvalue weighted by Gasteiger charge is 2.32. The molecule has 1 atom stereocenters. The molecule has 0 aliphatic carbocycles. The lowest BCUT2D eigenvalue weighted by atomic mass is 9.70. The Bertz CT molecular complexity index is 928. The van der Waals surface area contributed by atoms with Crippen LogP contribution < -0.4 is 9.47 Å². The van der Waals surface area contributed by atoms with Crippen LogP contribution in [0.3, 0.4) is 0 Å². The third kappa shape index (κ3) is 5.76. The van der Waals surface area contributed by atoms with Crippen molar-refractivity contribution in [2.75, 3.05) is 13.7 Å². The highest BCUT2D eigenvalue weighted by atomic mass is 35.5. The Balaban J connectivity index is 2.36. The lowest BCUT2D eigenvalue weighted by molar-refractivity contribution is 0.0216. The van der Waals surface area contributed by atoms with Crippen molar-refractivity contribution in [1.82, 2.24) is 0 Å². The van der Waals surface area contributed by atoms with E-state index in [1.54, 1.807) is 6.07 Å². The first-order valence-electron chi connectivity index (χ1n) is 11.0. The van der Waals surface area contributed by atoms with Crippen LogP contribution in [0.25, 0.3) is 0 Å². The van der Waals surface area contributed by atoms with Gasteiger partial charge in [0.05, 0.1) is 18.2 Å². The van der Waals surface area contributed by atoms with Crippen molar-refractivity contribution in [1.29, 1.82) is 0 Å². The Kier molecular flexibility index (Phi) is 8.60. The standard InChI is InChI=1S/C26H35ClO5/c1-8-26(9-2,19-11-13-22(20(27)15-19)32-24(29)30-7)18-10-12-21(17(3)14-18)31-16-23(28)25(4,5)6/h10-15,23,28H,8-9,16H2,1-7H3. The third-order valence-corrected chi connectivity index (χ3v) is 6.47. The molecular weight excluding hydrogens is 428 g/mol. The Morgan fingerprint density at radius 1 is 1.03 bits per heavy atom. The van der Waals surface area contributed by atoms with Gasteiger partial charge in [-0.3, -0.25) is 0 Å². The number of rotatable bonds is 8. The predicted molar refractivity (Wildman–Crippen MR) is 128 cm³/mol. The molecule has 1 N–H and O–H groups in total. The Morgan fingerprint density at radius 3 is 2.06 bits per heavy atom. The van der Waals surface area contributed by atoms with Gasteiger partial charge >= 0.3 is 6.16 Å². The molecule has 176 valence electrons. The summed E-state index contributed by atoms with van der Waals surface area (Å²) in [4.78, 5) is 11.4. The fourth-order valence-electron chi connectivity index (χ4n) is 3.77. The summed E-state index contributed by atoms with van der Waals surface area (Å²) in [6, 6.07) is 11.7. The van der Waals surface area contributed by atoms with Crippen molar-refractivity contribution in [2.24, 2.45) is 5.41 Å². The summed E-state index contributed by atoms with van der Waals surface area (Å²) in [7, 11) is 1.25. The van der Waals surface area contributed by atoms with Crippen molar-refractivity contribution in [3.63, 3.8) is 0 Å². The number of ether oxygens (including phenoxy) is 3. The summed E-state index contributed by atoms with van der Waals surface area (Å²) in [5.41, 5.74) is 2.70. The Labute approximate surface area is 196 Å². The second kappa shape index (κ2) is 10.6. The van der Waals surface area contributed by atoms with Crippen molar-refractivity contribution in [2.45, 2.75) is 65.9 Å². The first-order chi connectivity index (χ1) is 15.0. The molecule has 1 unspecified atom stereocenters. The van der Waals surface area contributed by atoms with Crippen molar-refractivity contribution >= 4 is 17.8 Å². The molecule has 2 aromatic carbocycles. The van der Waals surface area contributed by atoms with Gasteiger partial charge in [-0.2, -0.15) is 0 Å². The summed E-state index contributed by atoms with van der Waals surface area (Å²) in [5.74, 6) is 1.03. The van der Waals surface area contributed by atoms with Crippen LogP contribution in [0.1, 0.15) is 64.2 Å². The number of carbonyl (C=O) groups is 1. The van der Waals surface area contributed by atoms with Crippen LogP contribution in [0.2, 0.25) is 5.02 Å². The van der Waals surface area contributed by atoms with Crippen LogP contribution in [0, 0.1) is 12.3 Å². The summed E-state index contributed by atoms with van der Waals surface area (Å²) in [5, 5.41) is 10.6. The first kappa shape index (κ1) is 26.0. The zero-order valence-corrected chi connectivity index (χ0v) is 20.9. The highest BCUT2D eigenvalue weighted by molar-refractivity contribution is 6.32. The molecule has 0 amide bonds. The molecule has 32 heavy (non-hydrogen) atoms. The van der Waals surface area contributed by atoms with Crippen molar-refractivity contribution < 1.29 is 24.1 Å². The van der Waals surface area contributed by atoms with E-state index in [0.29, 0.717) is 5.02 Å². The number of methoxy groups -OCH3 is 1. The molecule has 0 radical (unpaired) electrons. The molecule has 0 spiro atoms. The minimum Gasteiger partial charge on any atom is -0.491 e. The minimum atomic E-state index is -0.806. The van der Waals surface area contributed by atoms with Crippen LogP contribution in [0.15, 0.2) is 36.4 Å². The summed E-state index contributed by atoms with van der Waals surface area (Å²) in [6.45, 7) is 12.5. The van der Waals surface area contributed by atoms with E-state index in [-0.39, 0.29) is 23.2 Å². The number of halogens is 1. The smallest absolute Gasteiger partial charge is 0.491 e. The van der Waals surface area contributed by atoms with Gasteiger partial charge in [-0.15, -0.1) is 0 Å². The topological polar surface area (TPSA) is 65.0 Å². The largest absolute Gasteiger partial charge is 0.513 e. The van der Waals surface area contributed by atoms with E-state index in [4.69, 9.17) is 21.1 Å². The summed E-state index contributed by atoms with van der Waals surface area (Å²) < 4.78 is 15.6. The molecule has 0 fully saturated rings. The first-order valence-corrected chi connectivity index (χ1v) is 11.3. The van der Waals surface area contributed by atoms with E-state index >= 15 is 0 Å². The van der Waals surface area contributed by atoms with Gasteiger partial charge in [0.25, 0.3) is 0 Å². The van der Waals surface area contributed by atoms with E-state index in [0.717, 1.165) is 35.3 Å². The maximum Gasteiger partial charge on any atom is 0.513 e. The molecule has 0 aliphatic rings. The molecular formula is C26H35ClO5. The fourth-order valence-corrected chi connectivity index (χ4v) is 3.99. The lowest BCUT2D eigenvalue weighted by Crippen LogP contribution is -2.32. The van der Waals surface area contributed by atoms with Crippen LogP contribution in [0.5, 0.6) is 11.5 Å². The van der Waals surface area contributed by atoms with Crippen LogP contribution in [-0.2, 0) is 10.2 Å². The van der Waals surface area contributed by atoms with Crippen LogP contribution >= 0.6 is 11.6 Å². The van der Waals surface area contributed by atoms with Gasteiger partial charge in [0.15, 0.2) is 5.75 Å². The second-order valence-corrected chi connectivity index (χ2v) is 9.57. The monoisotopic (exact) mass is 462 g/mol. The van der Waals surface area contributed by atoms with E-state index in [1.807, 2.05) is 45.9 Å². The average Bonchev–Trinajstić information content (AvgIpc) is 2.75. The Hall–Kier alpha value is -2.24. The van der Waals surface area contributed by atoms with Crippen LogP contribution in [-0.4, -0.2) is 31.1 Å². The van der Waals surface area contributed by atoms with Gasteiger partial charge in [0, 0.05) is 5.41 Å². The van der Waals surface area contributed by atoms with Gasteiger partial charge in [-0.05, 0) is 60.1 Å². The molecule has 0 saturated heterocycles. The summed E-state index contributed by atoms with van der Waals surface area (Å²) in [6.07, 6.45) is 0.359. The number of aliphatic hydroxyl groups is 1. The second-order valence-electron chi connectivity index (χ2n) is 9.16. The number of carbonyl (C=O) groups excluding carboxylic acids is 1. The maximum absolute atomic E-state index is 11.4. The number of aliphatic hydroxyl groups excluding tert-OH is 1. The molecule has 2 aromatic rings. The van der Waals surface area contributed by atoms with Gasteiger partial charge in [0.2, 0.25) is 0 Å². The van der Waals surface area contributed by atoms with Gasteiger partial charge in [-0.25, -0.2) is 4.79 Å². The predicted octanol–water partition coefficient (Wildman–Crippen LogP) is 6.69. The fraction of sp³-hybridized carbons (Fsp3) is 0.500. The number of hydrogen-bond donors (Lipinski definition) is 1. The normalized spacial score (nSPS) is 12.9. The molecule has 6 heteroatoms. The van der Waals surface area contributed by atoms with Crippen LogP contribution in [0.4, 0.5) is 4.79 Å². The van der Waals surface area contributed by atoms with E-state index < -0.39 is 12.3 Å². The maximum atomic E-state index is 11.4. The Morgan fingerprint density at radius 2 is 1.59 bits per heavy atom. The van der Waals surface area contributed by atoms with Crippen molar-refractivity contribution in [3.05, 3.63) is 58.1 Å². The lowest BCUT2D eigenvalue weighted by Gasteiger charge is -2.34. The van der Waals surface area contributed by atoms with Gasteiger partial charge in [0.1, 0.15) is 12.4 Å². The molecule has 2 rings (SSSR count). The van der Waals surface area contributed by atoms with Gasteiger partial charge < -0.3 is 19.3 Å². The zero-order valence-electron chi connectivity index (χ0n) is 20.1. The molecule has 0 aliphatic heterocycles. The molecule has 0 aromatic heterocycles. The third-order valence-electron chi connectivity index (χ3n) is 6.18. The van der Waals surface area contributed by atoms with E-state index in [2.05, 4.69) is 30.7 Å². The number of hydrogen-bond acceptors (Lipinski definition) is 5. The molecule has 0 saturated carbocycles. The quantitative estimate of drug-likeness (QED) is 0.350. The molecule has 5 nitrogen and oxygen atoms in total. The number of benzene rings is 2.